The molecule has 0 heterocycles. The Kier molecular flexibility index (Phi) is 18.0. The average Bonchev–Trinajstić information content (AvgIpc) is 2.39. The predicted octanol–water partition coefficient (Wildman–Crippen LogP) is 1.59. The van der Waals surface area contributed by atoms with E-state index in [-0.39, 0.29) is 37.4 Å². The molecule has 0 radical (unpaired) electrons. The number of carboxylic acid groups (broad SMARTS) is 2. The molecule has 21 heavy (non-hydrogen) atoms. The van der Waals surface area contributed by atoms with Gasteiger partial charge in [0, 0.05) is 0 Å². The topological polar surface area (TPSA) is 74.6 Å². The summed E-state index contributed by atoms with van der Waals surface area (Å²) in [5.41, 5.74) is 0. The fourth-order valence-electron chi connectivity index (χ4n) is 2.37. The quantitative estimate of drug-likeness (QED) is 0.290. The predicted molar refractivity (Wildman–Crippen MR) is 81.0 cm³/mol. The van der Waals surface area contributed by atoms with E-state index in [0.717, 1.165) is 12.8 Å². The van der Waals surface area contributed by atoms with Gasteiger partial charge < -0.3 is 11.6 Å². The zero-order valence-corrected chi connectivity index (χ0v) is 15.8. The second-order valence-electron chi connectivity index (χ2n) is 5.55. The second kappa shape index (κ2) is 16.3. The molecule has 0 rings (SSSR count). The molecule has 0 aliphatic heterocycles. The maximum absolute atomic E-state index is 10.7. The first-order valence-electron chi connectivity index (χ1n) is 8.05. The Balaban J connectivity index is -0.00000180. The summed E-state index contributed by atoms with van der Waals surface area (Å²) in [6.45, 7) is 2.22. The van der Waals surface area contributed by atoms with Gasteiger partial charge in [-0.25, -0.2) is 0 Å². The monoisotopic (exact) mass is 310 g/mol. The van der Waals surface area contributed by atoms with Crippen LogP contribution in [-0.4, -0.2) is 22.2 Å². The minimum Gasteiger partial charge on any atom is -1.00 e. The number of rotatable bonds is 14. The van der Waals surface area contributed by atoms with Crippen molar-refractivity contribution in [2.24, 2.45) is 5.92 Å². The van der Waals surface area contributed by atoms with Gasteiger partial charge in [0.2, 0.25) is 0 Å². The molecule has 0 aliphatic rings. The molecule has 0 aromatic carbocycles. The standard InChI is InChI=1S/C16H30O4.Na.H/c1-2-3-4-5-6-7-8-9-10-11-12-13-14(15(17)18)16(19)20;;/h14H,2-13H2,1H3,(H,17,18)(H,19,20);;/q;+1;-1. The van der Waals surface area contributed by atoms with Gasteiger partial charge in [-0.1, -0.05) is 77.6 Å². The van der Waals surface area contributed by atoms with E-state index in [1.54, 1.807) is 0 Å². The van der Waals surface area contributed by atoms with Crippen LogP contribution in [0, 0.1) is 5.92 Å². The zero-order valence-electron chi connectivity index (χ0n) is 14.8. The molecular formula is C16H31NaO4. The van der Waals surface area contributed by atoms with Crippen molar-refractivity contribution < 1.29 is 50.8 Å². The Hall–Kier alpha value is -0.0600. The van der Waals surface area contributed by atoms with Crippen molar-refractivity contribution >= 4 is 11.9 Å². The second-order valence-corrected chi connectivity index (χ2v) is 5.55. The molecule has 0 fully saturated rings. The molecule has 5 heteroatoms. The number of hydrogen-bond donors (Lipinski definition) is 2. The Morgan fingerprint density at radius 3 is 1.43 bits per heavy atom. The van der Waals surface area contributed by atoms with Crippen LogP contribution >= 0.6 is 0 Å². The van der Waals surface area contributed by atoms with Gasteiger partial charge in [0.05, 0.1) is 0 Å². The van der Waals surface area contributed by atoms with E-state index in [1.807, 2.05) is 0 Å². The Morgan fingerprint density at radius 2 is 1.10 bits per heavy atom. The molecule has 0 spiro atoms. The summed E-state index contributed by atoms with van der Waals surface area (Å²) in [6.07, 6.45) is 13.3. The first kappa shape index (κ1) is 23.2. The van der Waals surface area contributed by atoms with Crippen LogP contribution in [0.1, 0.15) is 85.4 Å². The first-order chi connectivity index (χ1) is 9.59. The third-order valence-electron chi connectivity index (χ3n) is 3.69. The van der Waals surface area contributed by atoms with Gasteiger partial charge in [-0.3, -0.25) is 9.59 Å². The van der Waals surface area contributed by atoms with Crippen LogP contribution in [0.5, 0.6) is 0 Å². The summed E-state index contributed by atoms with van der Waals surface area (Å²) in [7, 11) is 0. The minimum atomic E-state index is -1.23. The fraction of sp³-hybridized carbons (Fsp3) is 0.875. The van der Waals surface area contributed by atoms with Crippen LogP contribution in [0.25, 0.3) is 0 Å². The summed E-state index contributed by atoms with van der Waals surface area (Å²) in [5, 5.41) is 17.4. The van der Waals surface area contributed by atoms with Gasteiger partial charge in [0.15, 0.2) is 5.92 Å². The Morgan fingerprint density at radius 1 is 0.762 bits per heavy atom. The van der Waals surface area contributed by atoms with Crippen molar-refractivity contribution in [3.05, 3.63) is 0 Å². The zero-order chi connectivity index (χ0) is 15.2. The summed E-state index contributed by atoms with van der Waals surface area (Å²) in [6, 6.07) is 0. The third-order valence-corrected chi connectivity index (χ3v) is 3.69. The van der Waals surface area contributed by atoms with Crippen LogP contribution in [-0.2, 0) is 9.59 Å². The summed E-state index contributed by atoms with van der Waals surface area (Å²) in [5.74, 6) is -3.66. The SMILES string of the molecule is CCCCCCCCCCCCCC(C(=O)O)C(=O)O.[H-].[Na+]. The maximum Gasteiger partial charge on any atom is 1.00 e. The average molecular weight is 310 g/mol. The minimum absolute atomic E-state index is 0. The van der Waals surface area contributed by atoms with E-state index in [1.165, 1.54) is 51.4 Å². The van der Waals surface area contributed by atoms with Crippen LogP contribution < -0.4 is 29.6 Å². The van der Waals surface area contributed by atoms with E-state index in [0.29, 0.717) is 6.42 Å². The fourth-order valence-corrected chi connectivity index (χ4v) is 2.37. The number of aliphatic carboxylic acids is 2. The summed E-state index contributed by atoms with van der Waals surface area (Å²) in [4.78, 5) is 21.3. The summed E-state index contributed by atoms with van der Waals surface area (Å²) < 4.78 is 0. The van der Waals surface area contributed by atoms with Gasteiger partial charge >= 0.3 is 41.5 Å². The van der Waals surface area contributed by atoms with Gasteiger partial charge in [-0.2, -0.15) is 0 Å². The molecule has 0 saturated heterocycles. The molecule has 0 bridgehead atoms. The summed E-state index contributed by atoms with van der Waals surface area (Å²) >= 11 is 0. The van der Waals surface area contributed by atoms with Gasteiger partial charge in [-0.05, 0) is 6.42 Å². The molecule has 4 nitrogen and oxygen atoms in total. The van der Waals surface area contributed by atoms with Crippen LogP contribution in [0.3, 0.4) is 0 Å². The van der Waals surface area contributed by atoms with E-state index >= 15 is 0 Å². The van der Waals surface area contributed by atoms with Crippen molar-refractivity contribution in [3.8, 4) is 0 Å². The van der Waals surface area contributed by atoms with Crippen molar-refractivity contribution in [2.45, 2.75) is 84.0 Å². The molecule has 0 amide bonds. The molecule has 0 aliphatic carbocycles. The molecular weight excluding hydrogens is 279 g/mol. The van der Waals surface area contributed by atoms with Crippen LogP contribution in [0.15, 0.2) is 0 Å². The molecule has 120 valence electrons. The Labute approximate surface area is 152 Å². The smallest absolute Gasteiger partial charge is 1.00 e. The van der Waals surface area contributed by atoms with Gasteiger partial charge in [0.25, 0.3) is 0 Å². The molecule has 0 atom stereocenters. The first-order valence-corrected chi connectivity index (χ1v) is 8.05. The number of unbranched alkanes of at least 4 members (excludes halogenated alkanes) is 10. The number of carbonyl (C=O) groups is 2. The van der Waals surface area contributed by atoms with Gasteiger partial charge in [-0.15, -0.1) is 0 Å². The number of carboxylic acids is 2. The molecule has 0 saturated carbocycles. The van der Waals surface area contributed by atoms with Crippen LogP contribution in [0.2, 0.25) is 0 Å². The molecule has 0 unspecified atom stereocenters. The van der Waals surface area contributed by atoms with Crippen LogP contribution in [0.4, 0.5) is 0 Å². The maximum atomic E-state index is 10.7. The molecule has 2 N–H and O–H groups in total. The van der Waals surface area contributed by atoms with E-state index in [4.69, 9.17) is 10.2 Å². The van der Waals surface area contributed by atoms with E-state index < -0.39 is 17.9 Å². The van der Waals surface area contributed by atoms with Gasteiger partial charge in [0.1, 0.15) is 0 Å². The third kappa shape index (κ3) is 14.6. The Bertz CT molecular complexity index is 261. The van der Waals surface area contributed by atoms with E-state index in [9.17, 15) is 9.59 Å². The van der Waals surface area contributed by atoms with E-state index in [2.05, 4.69) is 6.92 Å². The van der Waals surface area contributed by atoms with Crippen molar-refractivity contribution in [3.63, 3.8) is 0 Å². The molecule has 0 aromatic rings. The van der Waals surface area contributed by atoms with Crippen molar-refractivity contribution in [1.82, 2.24) is 0 Å². The number of hydrogen-bond acceptors (Lipinski definition) is 2. The normalized spacial score (nSPS) is 10.4. The van der Waals surface area contributed by atoms with Crippen molar-refractivity contribution in [2.75, 3.05) is 0 Å². The molecule has 0 aromatic heterocycles. The largest absolute Gasteiger partial charge is 1.00 e. The van der Waals surface area contributed by atoms with Crippen molar-refractivity contribution in [1.29, 1.82) is 0 Å².